The van der Waals surface area contributed by atoms with Crippen molar-refractivity contribution >= 4 is 44.6 Å². The van der Waals surface area contributed by atoms with Crippen LogP contribution in [-0.2, 0) is 22.3 Å². The molecule has 0 fully saturated rings. The summed E-state index contributed by atoms with van der Waals surface area (Å²) >= 11 is 1.70. The monoisotopic (exact) mass is 610 g/mol. The van der Waals surface area contributed by atoms with E-state index >= 15 is 0 Å². The zero-order valence-electron chi connectivity index (χ0n) is 26.0. The number of pyridine rings is 2. The highest BCUT2D eigenvalue weighted by molar-refractivity contribution is 7.98. The molecule has 1 atom stereocenters. The predicted molar refractivity (Wildman–Crippen MR) is 178 cm³/mol. The zero-order chi connectivity index (χ0) is 30.8. The smallest absolute Gasteiger partial charge is 0.197 e. The molecule has 4 heterocycles. The maximum absolute atomic E-state index is 12.6. The molecule has 0 aliphatic carbocycles. The Hall–Kier alpha value is -3.82. The van der Waals surface area contributed by atoms with E-state index in [9.17, 15) is 4.21 Å². The summed E-state index contributed by atoms with van der Waals surface area (Å²) in [6.07, 6.45) is 3.80. The van der Waals surface area contributed by atoms with Gasteiger partial charge in [0.15, 0.2) is 10.3 Å². The topological polar surface area (TPSA) is 100 Å². The standard InChI is InChI=1S/C17H19N3OS.C17H19N3S/c1-10-5-6-14-15(7-10)20-17(19-14)22(21)9-16-13(4)12(3)11(2)8-18-16;1-10-5-6-14-15(7-10)20-17(19-14)21-9-16-13(4)12(3)11(2)8-18-16/h5-8H,9H2,1-4H3,(H,19,20);5-8H,9H2,1-4H3,(H,19,20). The highest BCUT2D eigenvalue weighted by Gasteiger charge is 2.14. The number of benzene rings is 2. The Labute approximate surface area is 259 Å². The van der Waals surface area contributed by atoms with Crippen molar-refractivity contribution in [2.75, 3.05) is 0 Å². The van der Waals surface area contributed by atoms with Gasteiger partial charge in [-0.05, 0) is 124 Å². The van der Waals surface area contributed by atoms with Crippen molar-refractivity contribution in [2.24, 2.45) is 0 Å². The van der Waals surface area contributed by atoms with Gasteiger partial charge in [0.05, 0.1) is 50.0 Å². The molecule has 0 amide bonds. The number of thioether (sulfide) groups is 1. The van der Waals surface area contributed by atoms with Gasteiger partial charge in [-0.15, -0.1) is 0 Å². The van der Waals surface area contributed by atoms with Gasteiger partial charge in [-0.2, -0.15) is 0 Å². The number of nitrogens with one attached hydrogen (secondary N) is 2. The first-order chi connectivity index (χ1) is 20.5. The van der Waals surface area contributed by atoms with Crippen molar-refractivity contribution in [3.05, 3.63) is 105 Å². The van der Waals surface area contributed by atoms with E-state index in [0.717, 1.165) is 61.1 Å². The number of rotatable bonds is 6. The van der Waals surface area contributed by atoms with Gasteiger partial charge >= 0.3 is 0 Å². The van der Waals surface area contributed by atoms with Gasteiger partial charge in [-0.25, -0.2) is 9.97 Å². The number of aromatic nitrogens is 6. The molecule has 2 aromatic carbocycles. The Balaban J connectivity index is 0.000000171. The quantitative estimate of drug-likeness (QED) is 0.186. The highest BCUT2D eigenvalue weighted by atomic mass is 32.2. The lowest BCUT2D eigenvalue weighted by Gasteiger charge is -2.09. The molecule has 7 nitrogen and oxygen atoms in total. The Morgan fingerprint density at radius 1 is 0.674 bits per heavy atom. The minimum absolute atomic E-state index is 0.381. The van der Waals surface area contributed by atoms with Gasteiger partial charge in [0.2, 0.25) is 0 Å². The van der Waals surface area contributed by atoms with Crippen LogP contribution in [0.15, 0.2) is 59.1 Å². The van der Waals surface area contributed by atoms with Gasteiger partial charge < -0.3 is 9.97 Å². The Morgan fingerprint density at radius 2 is 1.21 bits per heavy atom. The fourth-order valence-electron chi connectivity index (χ4n) is 4.76. The van der Waals surface area contributed by atoms with Crippen molar-refractivity contribution < 1.29 is 4.21 Å². The van der Waals surface area contributed by atoms with Crippen LogP contribution in [0, 0.1) is 55.4 Å². The van der Waals surface area contributed by atoms with Crippen LogP contribution in [0.2, 0.25) is 0 Å². The van der Waals surface area contributed by atoms with E-state index in [2.05, 4.69) is 82.7 Å². The summed E-state index contributed by atoms with van der Waals surface area (Å²) in [6.45, 7) is 16.7. The highest BCUT2D eigenvalue weighted by Crippen LogP contribution is 2.26. The number of hydrogen-bond donors (Lipinski definition) is 2. The molecule has 0 bridgehead atoms. The van der Waals surface area contributed by atoms with Crippen LogP contribution >= 0.6 is 11.8 Å². The lowest BCUT2D eigenvalue weighted by Crippen LogP contribution is -2.04. The lowest BCUT2D eigenvalue weighted by atomic mass is 10.1. The van der Waals surface area contributed by atoms with Crippen LogP contribution in [0.3, 0.4) is 0 Å². The van der Waals surface area contributed by atoms with Gasteiger partial charge in [0, 0.05) is 18.1 Å². The minimum atomic E-state index is -1.23. The molecule has 9 heteroatoms. The molecule has 43 heavy (non-hydrogen) atoms. The Morgan fingerprint density at radius 3 is 1.84 bits per heavy atom. The van der Waals surface area contributed by atoms with Gasteiger partial charge in [0.25, 0.3) is 0 Å². The number of hydrogen-bond acceptors (Lipinski definition) is 6. The molecule has 222 valence electrons. The summed E-state index contributed by atoms with van der Waals surface area (Å²) in [5.74, 6) is 1.22. The number of nitrogens with zero attached hydrogens (tertiary/aromatic N) is 4. The van der Waals surface area contributed by atoms with Gasteiger partial charge in [-0.1, -0.05) is 23.9 Å². The summed E-state index contributed by atoms with van der Waals surface area (Å²) < 4.78 is 12.6. The second-order valence-corrected chi connectivity index (χ2v) is 13.5. The van der Waals surface area contributed by atoms with Crippen LogP contribution in [0.25, 0.3) is 22.1 Å². The third kappa shape index (κ3) is 6.89. The average molecular weight is 611 g/mol. The van der Waals surface area contributed by atoms with E-state index in [4.69, 9.17) is 0 Å². The molecule has 4 aromatic heterocycles. The molecule has 0 saturated heterocycles. The number of H-pyrrole nitrogens is 2. The van der Waals surface area contributed by atoms with Crippen LogP contribution < -0.4 is 0 Å². The molecule has 2 N–H and O–H groups in total. The molecular weight excluding hydrogens is 573 g/mol. The van der Waals surface area contributed by atoms with E-state index in [1.807, 2.05) is 51.4 Å². The van der Waals surface area contributed by atoms with E-state index < -0.39 is 10.8 Å². The third-order valence-corrected chi connectivity index (χ3v) is 10.1. The first-order valence-corrected chi connectivity index (χ1v) is 16.6. The van der Waals surface area contributed by atoms with Crippen molar-refractivity contribution in [2.45, 2.75) is 77.2 Å². The molecular formula is C34H38N6OS2. The van der Waals surface area contributed by atoms with E-state index in [-0.39, 0.29) is 0 Å². The first-order valence-electron chi connectivity index (χ1n) is 14.3. The number of aromatic amines is 2. The maximum Gasteiger partial charge on any atom is 0.197 e. The molecule has 1 unspecified atom stereocenters. The zero-order valence-corrected chi connectivity index (χ0v) is 27.7. The van der Waals surface area contributed by atoms with Crippen molar-refractivity contribution in [1.82, 2.24) is 29.9 Å². The van der Waals surface area contributed by atoms with Crippen molar-refractivity contribution in [3.8, 4) is 0 Å². The number of aryl methyl sites for hydroxylation is 4. The molecule has 0 aliphatic heterocycles. The third-order valence-electron chi connectivity index (χ3n) is 8.06. The normalized spacial score (nSPS) is 12.0. The summed E-state index contributed by atoms with van der Waals surface area (Å²) in [5.41, 5.74) is 15.7. The van der Waals surface area contributed by atoms with Gasteiger partial charge in [0.1, 0.15) is 0 Å². The van der Waals surface area contributed by atoms with Crippen LogP contribution in [0.4, 0.5) is 0 Å². The Kier molecular flexibility index (Phi) is 9.13. The molecule has 0 saturated carbocycles. The van der Waals surface area contributed by atoms with Crippen LogP contribution in [0.1, 0.15) is 55.9 Å². The number of imidazole rings is 2. The molecule has 6 rings (SSSR count). The van der Waals surface area contributed by atoms with Crippen molar-refractivity contribution in [1.29, 1.82) is 0 Å². The van der Waals surface area contributed by atoms with Crippen LogP contribution in [0.5, 0.6) is 0 Å². The second kappa shape index (κ2) is 12.8. The number of fused-ring (bicyclic) bond motifs is 2. The van der Waals surface area contributed by atoms with E-state index in [1.165, 1.54) is 27.8 Å². The SMILES string of the molecule is Cc1ccc2nc(S(=O)Cc3ncc(C)c(C)c3C)[nH]c2c1.Cc1ccc2nc(SCc3ncc(C)c(C)c3C)[nH]c2c1. The molecule has 0 aliphatic rings. The average Bonchev–Trinajstić information content (AvgIpc) is 3.59. The summed E-state index contributed by atoms with van der Waals surface area (Å²) in [6, 6.07) is 12.2. The fraction of sp³-hybridized carbons (Fsp3) is 0.294. The van der Waals surface area contributed by atoms with E-state index in [0.29, 0.717) is 10.9 Å². The molecule has 0 radical (unpaired) electrons. The molecule has 0 spiro atoms. The summed E-state index contributed by atoms with van der Waals surface area (Å²) in [5, 5.41) is 1.47. The minimum Gasteiger partial charge on any atom is -0.333 e. The Bertz CT molecular complexity index is 1970. The second-order valence-electron chi connectivity index (χ2n) is 11.2. The fourth-order valence-corrected chi connectivity index (χ4v) is 6.77. The summed E-state index contributed by atoms with van der Waals surface area (Å²) in [7, 11) is -1.23. The van der Waals surface area contributed by atoms with E-state index in [1.54, 1.807) is 11.8 Å². The first kappa shape index (κ1) is 30.6. The molecule has 6 aromatic rings. The maximum atomic E-state index is 12.6. The van der Waals surface area contributed by atoms with Crippen LogP contribution in [-0.4, -0.2) is 34.1 Å². The summed E-state index contributed by atoms with van der Waals surface area (Å²) in [4.78, 5) is 24.6. The van der Waals surface area contributed by atoms with Crippen molar-refractivity contribution in [3.63, 3.8) is 0 Å². The van der Waals surface area contributed by atoms with Gasteiger partial charge in [-0.3, -0.25) is 14.2 Å². The lowest BCUT2D eigenvalue weighted by molar-refractivity contribution is 0.676. The predicted octanol–water partition coefficient (Wildman–Crippen LogP) is 7.98. The largest absolute Gasteiger partial charge is 0.333 e.